The highest BCUT2D eigenvalue weighted by Crippen LogP contribution is 2.22. The number of nitrogens with zero attached hydrogens (tertiary/aromatic N) is 3. The Hall–Kier alpha value is -2.74. The monoisotopic (exact) mass is 385 g/mol. The standard InChI is InChI=1S/C20H27N5O3/c1-3-28-19(26)12-17(16-7-5-4-6-14(16)2)22-20(27)18-13-25(24-23-18)15-8-10-21-11-9-15/h4-7,13,15,17,21H,3,8-12H2,1-2H3,(H,22,27). The number of carbonyl (C=O) groups excluding carboxylic acids is 2. The molecule has 1 amide bonds. The fourth-order valence-corrected chi connectivity index (χ4v) is 3.47. The molecule has 8 nitrogen and oxygen atoms in total. The first kappa shape index (κ1) is 20.0. The minimum atomic E-state index is -0.489. The second-order valence-corrected chi connectivity index (χ2v) is 6.96. The minimum Gasteiger partial charge on any atom is -0.466 e. The Kier molecular flexibility index (Phi) is 6.76. The summed E-state index contributed by atoms with van der Waals surface area (Å²) < 4.78 is 6.84. The van der Waals surface area contributed by atoms with Crippen molar-refractivity contribution in [2.24, 2.45) is 0 Å². The van der Waals surface area contributed by atoms with Crippen molar-refractivity contribution in [1.82, 2.24) is 25.6 Å². The molecule has 2 N–H and O–H groups in total. The van der Waals surface area contributed by atoms with Gasteiger partial charge in [0.25, 0.3) is 5.91 Å². The number of hydrogen-bond acceptors (Lipinski definition) is 6. The van der Waals surface area contributed by atoms with Gasteiger partial charge in [0.2, 0.25) is 0 Å². The van der Waals surface area contributed by atoms with E-state index in [9.17, 15) is 9.59 Å². The molecule has 1 aromatic carbocycles. The molecular formula is C20H27N5O3. The number of benzene rings is 1. The fourth-order valence-electron chi connectivity index (χ4n) is 3.47. The molecule has 150 valence electrons. The first-order valence-electron chi connectivity index (χ1n) is 9.73. The molecule has 3 rings (SSSR count). The summed E-state index contributed by atoms with van der Waals surface area (Å²) in [6.45, 7) is 5.88. The summed E-state index contributed by atoms with van der Waals surface area (Å²) in [7, 11) is 0. The van der Waals surface area contributed by atoms with E-state index >= 15 is 0 Å². The van der Waals surface area contributed by atoms with Crippen molar-refractivity contribution < 1.29 is 14.3 Å². The van der Waals surface area contributed by atoms with Gasteiger partial charge in [-0.3, -0.25) is 9.59 Å². The average Bonchev–Trinajstić information content (AvgIpc) is 3.19. The third kappa shape index (κ3) is 4.95. The van der Waals surface area contributed by atoms with Crippen molar-refractivity contribution in [2.75, 3.05) is 19.7 Å². The molecule has 0 bridgehead atoms. The number of hydrogen-bond donors (Lipinski definition) is 2. The maximum atomic E-state index is 12.8. The Morgan fingerprint density at radius 1 is 1.32 bits per heavy atom. The molecule has 0 radical (unpaired) electrons. The van der Waals surface area contributed by atoms with Crippen LogP contribution in [0.2, 0.25) is 0 Å². The summed E-state index contributed by atoms with van der Waals surface area (Å²) in [5, 5.41) is 14.4. The van der Waals surface area contributed by atoms with Crippen LogP contribution in [0.15, 0.2) is 30.5 Å². The van der Waals surface area contributed by atoms with E-state index in [4.69, 9.17) is 4.74 Å². The number of amides is 1. The molecule has 1 fully saturated rings. The molecule has 2 aromatic rings. The van der Waals surface area contributed by atoms with E-state index in [0.29, 0.717) is 6.61 Å². The average molecular weight is 385 g/mol. The van der Waals surface area contributed by atoms with Crippen molar-refractivity contribution in [3.05, 3.63) is 47.3 Å². The maximum Gasteiger partial charge on any atom is 0.308 e. The van der Waals surface area contributed by atoms with Gasteiger partial charge in [0.15, 0.2) is 5.69 Å². The molecule has 8 heteroatoms. The predicted molar refractivity (Wildman–Crippen MR) is 104 cm³/mol. The molecule has 1 aliphatic heterocycles. The van der Waals surface area contributed by atoms with Gasteiger partial charge in [-0.15, -0.1) is 5.10 Å². The number of aryl methyl sites for hydroxylation is 1. The number of carbonyl (C=O) groups is 2. The fraction of sp³-hybridized carbons (Fsp3) is 0.500. The van der Waals surface area contributed by atoms with Gasteiger partial charge in [-0.1, -0.05) is 29.5 Å². The molecule has 0 saturated carbocycles. The maximum absolute atomic E-state index is 12.8. The van der Waals surface area contributed by atoms with E-state index < -0.39 is 6.04 Å². The van der Waals surface area contributed by atoms with Crippen molar-refractivity contribution in [2.45, 2.75) is 45.2 Å². The normalized spacial score (nSPS) is 15.8. The molecule has 1 aliphatic rings. The van der Waals surface area contributed by atoms with Crippen LogP contribution < -0.4 is 10.6 Å². The van der Waals surface area contributed by atoms with E-state index in [-0.39, 0.29) is 30.0 Å². The van der Waals surface area contributed by atoms with Crippen LogP contribution in [0.25, 0.3) is 0 Å². The van der Waals surface area contributed by atoms with Crippen LogP contribution in [-0.4, -0.2) is 46.6 Å². The Bertz CT molecular complexity index is 814. The van der Waals surface area contributed by atoms with Crippen LogP contribution in [0.3, 0.4) is 0 Å². The zero-order valence-electron chi connectivity index (χ0n) is 16.4. The zero-order valence-corrected chi connectivity index (χ0v) is 16.4. The van der Waals surface area contributed by atoms with E-state index in [1.807, 2.05) is 31.2 Å². The lowest BCUT2D eigenvalue weighted by Crippen LogP contribution is -2.31. The highest BCUT2D eigenvalue weighted by Gasteiger charge is 2.24. The van der Waals surface area contributed by atoms with Gasteiger partial charge >= 0.3 is 5.97 Å². The van der Waals surface area contributed by atoms with Gasteiger partial charge in [0.1, 0.15) is 0 Å². The Labute approximate surface area is 164 Å². The molecule has 2 heterocycles. The predicted octanol–water partition coefficient (Wildman–Crippen LogP) is 1.94. The molecule has 0 spiro atoms. The number of ether oxygens (including phenoxy) is 1. The van der Waals surface area contributed by atoms with Gasteiger partial charge in [-0.05, 0) is 50.9 Å². The largest absolute Gasteiger partial charge is 0.466 e. The van der Waals surface area contributed by atoms with Crippen LogP contribution in [0.5, 0.6) is 0 Å². The number of nitrogens with one attached hydrogen (secondary N) is 2. The van der Waals surface area contributed by atoms with E-state index in [1.54, 1.807) is 17.8 Å². The first-order chi connectivity index (χ1) is 13.6. The molecule has 1 unspecified atom stereocenters. The van der Waals surface area contributed by atoms with E-state index in [0.717, 1.165) is 37.1 Å². The zero-order chi connectivity index (χ0) is 19.9. The van der Waals surface area contributed by atoms with Gasteiger partial charge in [-0.2, -0.15) is 0 Å². The Morgan fingerprint density at radius 3 is 2.79 bits per heavy atom. The lowest BCUT2D eigenvalue weighted by molar-refractivity contribution is -0.143. The molecule has 0 aliphatic carbocycles. The quantitative estimate of drug-likeness (QED) is 0.707. The summed E-state index contributed by atoms with van der Waals surface area (Å²) in [5.41, 5.74) is 2.13. The highest BCUT2D eigenvalue weighted by atomic mass is 16.5. The summed E-state index contributed by atoms with van der Waals surface area (Å²) >= 11 is 0. The topological polar surface area (TPSA) is 98.1 Å². The van der Waals surface area contributed by atoms with Crippen molar-refractivity contribution >= 4 is 11.9 Å². The molecular weight excluding hydrogens is 358 g/mol. The van der Waals surface area contributed by atoms with Crippen LogP contribution >= 0.6 is 0 Å². The smallest absolute Gasteiger partial charge is 0.308 e. The van der Waals surface area contributed by atoms with E-state index in [2.05, 4.69) is 20.9 Å². The summed E-state index contributed by atoms with van der Waals surface area (Å²) in [5.74, 6) is -0.702. The Morgan fingerprint density at radius 2 is 2.07 bits per heavy atom. The lowest BCUT2D eigenvalue weighted by atomic mass is 9.98. The van der Waals surface area contributed by atoms with Gasteiger partial charge in [0, 0.05) is 0 Å². The van der Waals surface area contributed by atoms with Gasteiger partial charge < -0.3 is 15.4 Å². The molecule has 1 saturated heterocycles. The number of aromatic nitrogens is 3. The van der Waals surface area contributed by atoms with Crippen LogP contribution in [0.4, 0.5) is 0 Å². The van der Waals surface area contributed by atoms with Crippen LogP contribution in [0.1, 0.15) is 59.9 Å². The second-order valence-electron chi connectivity index (χ2n) is 6.96. The molecule has 28 heavy (non-hydrogen) atoms. The van der Waals surface area contributed by atoms with Crippen LogP contribution in [-0.2, 0) is 9.53 Å². The lowest BCUT2D eigenvalue weighted by Gasteiger charge is -2.22. The molecule has 1 atom stereocenters. The van der Waals surface area contributed by atoms with Crippen molar-refractivity contribution in [3.63, 3.8) is 0 Å². The van der Waals surface area contributed by atoms with Crippen molar-refractivity contribution in [3.8, 4) is 0 Å². The van der Waals surface area contributed by atoms with Gasteiger partial charge in [-0.25, -0.2) is 4.68 Å². The summed E-state index contributed by atoms with van der Waals surface area (Å²) in [6, 6.07) is 7.43. The van der Waals surface area contributed by atoms with Crippen LogP contribution in [0, 0.1) is 6.92 Å². The SMILES string of the molecule is CCOC(=O)CC(NC(=O)c1cn(C2CCNCC2)nn1)c1ccccc1C. The number of rotatable bonds is 7. The van der Waals surface area contributed by atoms with Crippen molar-refractivity contribution in [1.29, 1.82) is 0 Å². The number of piperidine rings is 1. The van der Waals surface area contributed by atoms with Gasteiger partial charge in [0.05, 0.1) is 31.3 Å². The highest BCUT2D eigenvalue weighted by molar-refractivity contribution is 5.92. The first-order valence-corrected chi connectivity index (χ1v) is 9.73. The second kappa shape index (κ2) is 9.45. The summed E-state index contributed by atoms with van der Waals surface area (Å²) in [4.78, 5) is 24.8. The third-order valence-electron chi connectivity index (χ3n) is 4.97. The number of esters is 1. The van der Waals surface area contributed by atoms with E-state index in [1.165, 1.54) is 0 Å². The summed E-state index contributed by atoms with van der Waals surface area (Å²) in [6.07, 6.45) is 3.66. The minimum absolute atomic E-state index is 0.0624. The third-order valence-corrected chi connectivity index (χ3v) is 4.97. The Balaban J connectivity index is 1.74. The molecule has 1 aromatic heterocycles.